The summed E-state index contributed by atoms with van der Waals surface area (Å²) in [7, 11) is 0. The molecular weight excluding hydrogens is 358 g/mol. The van der Waals surface area contributed by atoms with Gasteiger partial charge in [-0.1, -0.05) is 18.2 Å². The van der Waals surface area contributed by atoms with E-state index in [1.165, 1.54) is 6.39 Å². The van der Waals surface area contributed by atoms with E-state index in [0.29, 0.717) is 34.9 Å². The summed E-state index contributed by atoms with van der Waals surface area (Å²) in [5, 5.41) is 30.0. The molecule has 8 heteroatoms. The summed E-state index contributed by atoms with van der Waals surface area (Å²) in [5.41, 5.74) is 11.4. The van der Waals surface area contributed by atoms with Crippen LogP contribution in [-0.4, -0.2) is 32.1 Å². The molecule has 3 aromatic rings. The van der Waals surface area contributed by atoms with E-state index in [1.54, 1.807) is 5.01 Å². The minimum absolute atomic E-state index is 0.0471. The van der Waals surface area contributed by atoms with Crippen LogP contribution in [0.25, 0.3) is 0 Å². The van der Waals surface area contributed by atoms with E-state index in [-0.39, 0.29) is 19.3 Å². The molecule has 0 amide bonds. The van der Waals surface area contributed by atoms with Crippen LogP contribution in [0.2, 0.25) is 0 Å². The molecule has 1 aliphatic heterocycles. The number of fused-ring (bicyclic) bond motifs is 1. The predicted octanol–water partition coefficient (Wildman–Crippen LogP) is 1.84. The van der Waals surface area contributed by atoms with E-state index in [1.807, 2.05) is 43.3 Å². The van der Waals surface area contributed by atoms with Gasteiger partial charge in [-0.25, -0.2) is 5.01 Å². The number of nitrogens with zero attached hydrogens (tertiary/aromatic N) is 4. The fraction of sp³-hybridized carbons (Fsp3) is 0.250. The van der Waals surface area contributed by atoms with Gasteiger partial charge < -0.3 is 20.5 Å². The quantitative estimate of drug-likeness (QED) is 0.591. The smallest absolute Gasteiger partial charge is 0.286 e. The molecule has 1 atom stereocenters. The third-order valence-electron chi connectivity index (χ3n) is 4.90. The largest absolute Gasteiger partial charge is 0.399 e. The third-order valence-corrected chi connectivity index (χ3v) is 4.90. The van der Waals surface area contributed by atoms with Crippen LogP contribution in [0.1, 0.15) is 34.7 Å². The number of nitrogen functional groups attached to an aromatic ring is 1. The Labute approximate surface area is 161 Å². The summed E-state index contributed by atoms with van der Waals surface area (Å²) < 4.78 is 4.91. The number of aliphatic hydroxyl groups excluding tert-OH is 2. The lowest BCUT2D eigenvalue weighted by molar-refractivity contribution is 0.260. The monoisotopic (exact) mass is 379 g/mol. The van der Waals surface area contributed by atoms with Crippen molar-refractivity contribution in [3.8, 4) is 0 Å². The summed E-state index contributed by atoms with van der Waals surface area (Å²) in [6, 6.07) is 11.2. The summed E-state index contributed by atoms with van der Waals surface area (Å²) in [6.07, 6.45) is 1.93. The lowest BCUT2D eigenvalue weighted by Crippen LogP contribution is -2.30. The van der Waals surface area contributed by atoms with Crippen LogP contribution in [0.3, 0.4) is 0 Å². The maximum atomic E-state index is 9.76. The molecule has 0 fully saturated rings. The SMILES string of the molecule is CC1Cc2cc(CO)c(CO)cc2C(c2ccc(N)cc2)=NN1c1ncon1. The van der Waals surface area contributed by atoms with E-state index in [0.717, 1.165) is 16.7 Å². The van der Waals surface area contributed by atoms with Crippen LogP contribution < -0.4 is 10.7 Å². The van der Waals surface area contributed by atoms with Crippen molar-refractivity contribution >= 4 is 17.3 Å². The zero-order valence-electron chi connectivity index (χ0n) is 15.4. The van der Waals surface area contributed by atoms with Crippen molar-refractivity contribution in [2.24, 2.45) is 5.10 Å². The molecule has 8 nitrogen and oxygen atoms in total. The van der Waals surface area contributed by atoms with Crippen molar-refractivity contribution < 1.29 is 14.7 Å². The number of hydrogen-bond donors (Lipinski definition) is 3. The Balaban J connectivity index is 1.94. The van der Waals surface area contributed by atoms with Gasteiger partial charge in [0.2, 0.25) is 6.39 Å². The lowest BCUT2D eigenvalue weighted by Gasteiger charge is -2.21. The lowest BCUT2D eigenvalue weighted by atomic mass is 9.90. The first-order valence-electron chi connectivity index (χ1n) is 8.97. The number of rotatable bonds is 4. The summed E-state index contributed by atoms with van der Waals surface area (Å²) >= 11 is 0. The van der Waals surface area contributed by atoms with Gasteiger partial charge in [0.05, 0.1) is 25.0 Å². The first-order valence-corrected chi connectivity index (χ1v) is 8.97. The van der Waals surface area contributed by atoms with Crippen molar-refractivity contribution in [2.45, 2.75) is 32.6 Å². The molecule has 0 saturated heterocycles. The molecule has 28 heavy (non-hydrogen) atoms. The first kappa shape index (κ1) is 18.1. The summed E-state index contributed by atoms with van der Waals surface area (Å²) in [6.45, 7) is 1.72. The van der Waals surface area contributed by atoms with Gasteiger partial charge in [0.25, 0.3) is 5.95 Å². The Morgan fingerprint density at radius 2 is 1.86 bits per heavy atom. The van der Waals surface area contributed by atoms with Gasteiger partial charge >= 0.3 is 0 Å². The molecule has 0 saturated carbocycles. The minimum atomic E-state index is -0.164. The molecule has 0 bridgehead atoms. The molecule has 1 unspecified atom stereocenters. The molecule has 0 spiro atoms. The molecule has 1 aliphatic rings. The number of hydrazone groups is 1. The van der Waals surface area contributed by atoms with Crippen LogP contribution in [0.5, 0.6) is 0 Å². The van der Waals surface area contributed by atoms with Gasteiger partial charge in [0.15, 0.2) is 0 Å². The second-order valence-corrected chi connectivity index (χ2v) is 6.79. The Morgan fingerprint density at radius 3 is 2.50 bits per heavy atom. The van der Waals surface area contributed by atoms with Crippen molar-refractivity contribution in [1.82, 2.24) is 10.1 Å². The van der Waals surface area contributed by atoms with Crippen LogP contribution in [-0.2, 0) is 19.6 Å². The molecule has 0 aliphatic carbocycles. The molecule has 4 N–H and O–H groups in total. The molecule has 1 aromatic heterocycles. The van der Waals surface area contributed by atoms with Gasteiger partial charge in [-0.05, 0) is 53.4 Å². The van der Waals surface area contributed by atoms with Gasteiger partial charge in [-0.2, -0.15) is 10.1 Å². The normalized spacial score (nSPS) is 16.5. The molecular formula is C20H21N5O3. The molecule has 0 radical (unpaired) electrons. The predicted molar refractivity (Wildman–Crippen MR) is 105 cm³/mol. The number of anilines is 2. The summed E-state index contributed by atoms with van der Waals surface area (Å²) in [4.78, 5) is 4.15. The highest BCUT2D eigenvalue weighted by Gasteiger charge is 2.27. The Bertz CT molecular complexity index is 999. The zero-order valence-corrected chi connectivity index (χ0v) is 15.4. The Morgan fingerprint density at radius 1 is 1.14 bits per heavy atom. The van der Waals surface area contributed by atoms with Crippen molar-refractivity contribution in [3.63, 3.8) is 0 Å². The fourth-order valence-electron chi connectivity index (χ4n) is 3.45. The molecule has 2 heterocycles. The van der Waals surface area contributed by atoms with Crippen LogP contribution in [0.15, 0.2) is 52.4 Å². The first-order chi connectivity index (χ1) is 13.6. The topological polar surface area (TPSA) is 121 Å². The van der Waals surface area contributed by atoms with Crippen LogP contribution in [0.4, 0.5) is 11.6 Å². The summed E-state index contributed by atoms with van der Waals surface area (Å²) in [5.74, 6) is 0.373. The maximum Gasteiger partial charge on any atom is 0.286 e. The number of aromatic nitrogens is 2. The fourth-order valence-corrected chi connectivity index (χ4v) is 3.45. The van der Waals surface area contributed by atoms with Gasteiger partial charge in [-0.3, -0.25) is 0 Å². The second kappa shape index (κ2) is 7.41. The maximum absolute atomic E-state index is 9.76. The van der Waals surface area contributed by atoms with E-state index in [2.05, 4.69) is 10.1 Å². The molecule has 4 rings (SSSR count). The van der Waals surface area contributed by atoms with E-state index in [9.17, 15) is 10.2 Å². The molecule has 2 aromatic carbocycles. The van der Waals surface area contributed by atoms with Gasteiger partial charge in [0, 0.05) is 16.8 Å². The Hall–Kier alpha value is -3.23. The highest BCUT2D eigenvalue weighted by Crippen LogP contribution is 2.29. The molecule has 144 valence electrons. The highest BCUT2D eigenvalue weighted by atomic mass is 16.5. The second-order valence-electron chi connectivity index (χ2n) is 6.79. The highest BCUT2D eigenvalue weighted by molar-refractivity contribution is 6.14. The van der Waals surface area contributed by atoms with Crippen LogP contribution in [0, 0.1) is 0 Å². The van der Waals surface area contributed by atoms with Crippen molar-refractivity contribution in [2.75, 3.05) is 10.7 Å². The van der Waals surface area contributed by atoms with Gasteiger partial charge in [0.1, 0.15) is 0 Å². The zero-order chi connectivity index (χ0) is 19.7. The van der Waals surface area contributed by atoms with Crippen molar-refractivity contribution in [3.05, 3.63) is 70.6 Å². The Kier molecular flexibility index (Phi) is 4.81. The average Bonchev–Trinajstić information content (AvgIpc) is 3.19. The number of hydrogen-bond acceptors (Lipinski definition) is 8. The number of aliphatic hydroxyl groups is 2. The average molecular weight is 379 g/mol. The number of nitrogens with two attached hydrogens (primary N) is 1. The van der Waals surface area contributed by atoms with E-state index >= 15 is 0 Å². The standard InChI is InChI=1S/C20H21N5O3/c1-12-6-14-7-15(9-26)16(10-27)8-18(14)19(13-2-4-17(21)5-3-13)23-25(12)20-22-11-28-24-20/h2-5,7-8,11-12,26-27H,6,9-10,21H2,1H3. The van der Waals surface area contributed by atoms with Gasteiger partial charge in [-0.15, -0.1) is 0 Å². The number of benzene rings is 2. The third kappa shape index (κ3) is 3.23. The minimum Gasteiger partial charge on any atom is -0.399 e. The van der Waals surface area contributed by atoms with Crippen LogP contribution >= 0.6 is 0 Å². The van der Waals surface area contributed by atoms with E-state index < -0.39 is 0 Å². The van der Waals surface area contributed by atoms with Crippen molar-refractivity contribution in [1.29, 1.82) is 0 Å². The van der Waals surface area contributed by atoms with E-state index in [4.69, 9.17) is 15.4 Å².